The number of pyridine rings is 3. The van der Waals surface area contributed by atoms with E-state index >= 15 is 0 Å². The van der Waals surface area contributed by atoms with Crippen molar-refractivity contribution < 1.29 is 24.5 Å². The number of aromatic nitrogens is 3. The Hall–Kier alpha value is -7.43. The van der Waals surface area contributed by atoms with Gasteiger partial charge >= 0.3 is 20.1 Å². The van der Waals surface area contributed by atoms with Gasteiger partial charge in [-0.1, -0.05) is 109 Å². The van der Waals surface area contributed by atoms with Gasteiger partial charge in [-0.3, -0.25) is 0 Å². The fourth-order valence-corrected chi connectivity index (χ4v) is 8.44. The second-order valence-corrected chi connectivity index (χ2v) is 16.2. The maximum Gasteiger partial charge on any atom is 3.00 e. The standard InChI is InChI=1S/C61H43FN3.Ir/c62-54-20-12-19-52(38-54)47-29-31-48(32-30-47)57-39-61(51-17-8-3-9-18-51)65-42-58(57)56-22-11-10-21-55(56)53-36-45(25-23-43-27-33-59(63-40-43)49-13-4-1-5-14-49)35-46(37-53)26-24-44-28-34-60(64-41-44)50-15-6-2-7-16-50;/h1-13,15,17,19-22,27-42H,23-26H2;/q-3;+3. The molecule has 0 bridgehead atoms. The number of nitrogens with zero attached hydrogens (tertiary/aromatic N) is 3. The molecule has 0 N–H and O–H groups in total. The molecule has 0 atom stereocenters. The summed E-state index contributed by atoms with van der Waals surface area (Å²) in [5.41, 5.74) is 18.8. The number of rotatable bonds is 13. The van der Waals surface area contributed by atoms with Crippen LogP contribution in [0.5, 0.6) is 0 Å². The number of halogens is 1. The van der Waals surface area contributed by atoms with E-state index in [1.165, 1.54) is 28.3 Å². The van der Waals surface area contributed by atoms with Crippen LogP contribution in [0.4, 0.5) is 4.39 Å². The molecule has 0 amide bonds. The van der Waals surface area contributed by atoms with E-state index in [-0.39, 0.29) is 25.9 Å². The van der Waals surface area contributed by atoms with Crippen LogP contribution >= 0.6 is 0 Å². The molecule has 3 aromatic heterocycles. The van der Waals surface area contributed by atoms with Gasteiger partial charge in [-0.05, 0) is 116 Å². The Morgan fingerprint density at radius 1 is 0.333 bits per heavy atom. The molecule has 66 heavy (non-hydrogen) atoms. The van der Waals surface area contributed by atoms with E-state index in [1.54, 1.807) is 12.1 Å². The molecule has 0 aliphatic carbocycles. The molecule has 0 unspecified atom stereocenters. The third-order valence-corrected chi connectivity index (χ3v) is 11.8. The molecule has 10 aromatic rings. The summed E-state index contributed by atoms with van der Waals surface area (Å²) in [6.45, 7) is 0. The predicted octanol–water partition coefficient (Wildman–Crippen LogP) is 14.6. The van der Waals surface area contributed by atoms with Crippen molar-refractivity contribution in [3.05, 3.63) is 259 Å². The third kappa shape index (κ3) is 10.2. The molecule has 0 saturated carbocycles. The first-order valence-corrected chi connectivity index (χ1v) is 22.0. The molecule has 0 fully saturated rings. The van der Waals surface area contributed by atoms with Crippen LogP contribution < -0.4 is 0 Å². The Balaban J connectivity index is 0.00000548. The Morgan fingerprint density at radius 3 is 1.38 bits per heavy atom. The first-order chi connectivity index (χ1) is 32.1. The van der Waals surface area contributed by atoms with Crippen molar-refractivity contribution in [1.29, 1.82) is 0 Å². The van der Waals surface area contributed by atoms with E-state index in [4.69, 9.17) is 15.0 Å². The van der Waals surface area contributed by atoms with Crippen LogP contribution in [-0.4, -0.2) is 15.0 Å². The van der Waals surface area contributed by atoms with E-state index < -0.39 is 0 Å². The maximum atomic E-state index is 14.2. The first kappa shape index (κ1) is 43.8. The summed E-state index contributed by atoms with van der Waals surface area (Å²) in [6.07, 6.45) is 9.43. The molecule has 0 aliphatic heterocycles. The van der Waals surface area contributed by atoms with Crippen molar-refractivity contribution in [3.8, 4) is 78.3 Å². The van der Waals surface area contributed by atoms with Gasteiger partial charge in [-0.2, -0.15) is 0 Å². The Morgan fingerprint density at radius 2 is 0.848 bits per heavy atom. The molecule has 3 nitrogen and oxygen atoms in total. The van der Waals surface area contributed by atoms with Crippen LogP contribution in [0.25, 0.3) is 78.3 Å². The zero-order chi connectivity index (χ0) is 43.8. The Kier molecular flexibility index (Phi) is 13.7. The summed E-state index contributed by atoms with van der Waals surface area (Å²) in [6, 6.07) is 75.3. The fraction of sp³-hybridized carbons (Fsp3) is 0.0656. The quantitative estimate of drug-likeness (QED) is 0.108. The molecule has 10 rings (SSSR count). The van der Waals surface area contributed by atoms with Crippen LogP contribution in [0.3, 0.4) is 0 Å². The van der Waals surface area contributed by atoms with Crippen molar-refractivity contribution in [1.82, 2.24) is 15.0 Å². The van der Waals surface area contributed by atoms with Gasteiger partial charge in [0.1, 0.15) is 5.82 Å². The predicted molar refractivity (Wildman–Crippen MR) is 262 cm³/mol. The summed E-state index contributed by atoms with van der Waals surface area (Å²) in [4.78, 5) is 14.6. The minimum atomic E-state index is -0.252. The second kappa shape index (κ2) is 20.6. The molecule has 318 valence electrons. The zero-order valence-electron chi connectivity index (χ0n) is 36.1. The number of aryl methyl sites for hydroxylation is 4. The monoisotopic (exact) mass is 1030 g/mol. The van der Waals surface area contributed by atoms with Gasteiger partial charge in [0.15, 0.2) is 0 Å². The van der Waals surface area contributed by atoms with Crippen LogP contribution in [0.2, 0.25) is 0 Å². The minimum absolute atomic E-state index is 0. The normalized spacial score (nSPS) is 10.9. The number of benzene rings is 7. The second-order valence-electron chi connectivity index (χ2n) is 16.2. The van der Waals surface area contributed by atoms with Crippen molar-refractivity contribution in [2.45, 2.75) is 25.7 Å². The van der Waals surface area contributed by atoms with E-state index in [2.05, 4.69) is 115 Å². The van der Waals surface area contributed by atoms with E-state index in [9.17, 15) is 4.39 Å². The maximum absolute atomic E-state index is 14.2. The molecular weight excluding hydrogens is 986 g/mol. The van der Waals surface area contributed by atoms with Gasteiger partial charge in [-0.25, -0.2) is 4.39 Å². The topological polar surface area (TPSA) is 38.7 Å². The van der Waals surface area contributed by atoms with Crippen LogP contribution in [0.15, 0.2) is 213 Å². The van der Waals surface area contributed by atoms with Gasteiger partial charge in [0.05, 0.1) is 0 Å². The summed E-state index contributed by atoms with van der Waals surface area (Å²) < 4.78 is 14.2. The summed E-state index contributed by atoms with van der Waals surface area (Å²) >= 11 is 0. The van der Waals surface area contributed by atoms with Gasteiger partial charge in [0, 0.05) is 24.2 Å². The van der Waals surface area contributed by atoms with Crippen molar-refractivity contribution in [2.24, 2.45) is 0 Å². The Labute approximate surface area is 400 Å². The SMILES string of the molecule is Fc1cccc(-c2ccc(-c3cc(-c4[c-]cccc4)ncc3-c3ccccc3-c3cc(CCc4ccc(-c5[c-]cccc5)nc4)cc(CCc4ccc(-c5[c-]cccc5)nc4)c3)cc2)c1.[Ir+3]. The van der Waals surface area contributed by atoms with Crippen molar-refractivity contribution in [2.75, 3.05) is 0 Å². The minimum Gasteiger partial charge on any atom is -0.304 e. The first-order valence-electron chi connectivity index (χ1n) is 22.0. The van der Waals surface area contributed by atoms with Crippen molar-refractivity contribution >= 4 is 0 Å². The average molecular weight is 1030 g/mol. The van der Waals surface area contributed by atoms with Crippen LogP contribution in [-0.2, 0) is 45.8 Å². The molecule has 7 aromatic carbocycles. The smallest absolute Gasteiger partial charge is 0.304 e. The zero-order valence-corrected chi connectivity index (χ0v) is 38.5. The molecule has 0 radical (unpaired) electrons. The summed E-state index contributed by atoms with van der Waals surface area (Å²) in [7, 11) is 0. The van der Waals surface area contributed by atoms with Crippen LogP contribution in [0, 0.1) is 24.0 Å². The molecule has 0 aliphatic rings. The van der Waals surface area contributed by atoms with Crippen LogP contribution in [0.1, 0.15) is 22.3 Å². The Bertz CT molecular complexity index is 3070. The fourth-order valence-electron chi connectivity index (χ4n) is 8.44. The van der Waals surface area contributed by atoms with E-state index in [1.807, 2.05) is 97.5 Å². The molecule has 0 saturated heterocycles. The number of hydrogen-bond acceptors (Lipinski definition) is 3. The molecule has 5 heteroatoms. The van der Waals surface area contributed by atoms with Crippen molar-refractivity contribution in [3.63, 3.8) is 0 Å². The third-order valence-electron chi connectivity index (χ3n) is 11.8. The van der Waals surface area contributed by atoms with E-state index in [0.717, 1.165) is 104 Å². The average Bonchev–Trinajstić information content (AvgIpc) is 3.38. The number of hydrogen-bond donors (Lipinski definition) is 0. The van der Waals surface area contributed by atoms with Gasteiger partial charge < -0.3 is 15.0 Å². The molecule has 0 spiro atoms. The molecular formula is C61H43FIrN3. The largest absolute Gasteiger partial charge is 3.00 e. The van der Waals surface area contributed by atoms with Gasteiger partial charge in [0.25, 0.3) is 0 Å². The summed E-state index contributed by atoms with van der Waals surface area (Å²) in [5, 5.41) is 0. The van der Waals surface area contributed by atoms with E-state index in [0.29, 0.717) is 0 Å². The van der Waals surface area contributed by atoms with Gasteiger partial charge in [0.2, 0.25) is 0 Å². The summed E-state index contributed by atoms with van der Waals surface area (Å²) in [5.74, 6) is -0.252. The molecule has 3 heterocycles. The van der Waals surface area contributed by atoms with Gasteiger partial charge in [-0.15, -0.1) is 108 Å².